The van der Waals surface area contributed by atoms with E-state index in [0.29, 0.717) is 10.1 Å². The quantitative estimate of drug-likeness (QED) is 0.332. The summed E-state index contributed by atoms with van der Waals surface area (Å²) < 4.78 is 1.71. The molecule has 2 unspecified atom stereocenters. The van der Waals surface area contributed by atoms with Crippen molar-refractivity contribution < 1.29 is 0 Å². The zero-order chi connectivity index (χ0) is 23.2. The van der Waals surface area contributed by atoms with Crippen LogP contribution in [0.25, 0.3) is 11.1 Å². The average molecular weight is 554 g/mol. The van der Waals surface area contributed by atoms with Gasteiger partial charge in [-0.3, -0.25) is 0 Å². The Morgan fingerprint density at radius 2 is 0.839 bits per heavy atom. The molecule has 2 atom stereocenters. The Labute approximate surface area is 204 Å². The molecule has 0 amide bonds. The summed E-state index contributed by atoms with van der Waals surface area (Å²) in [7, 11) is -3.06. The Bertz CT molecular complexity index is 851. The van der Waals surface area contributed by atoms with Crippen LogP contribution in [0.15, 0.2) is 60.7 Å². The van der Waals surface area contributed by atoms with Gasteiger partial charge in [0.05, 0.1) is 0 Å². The number of rotatable bonds is 4. The van der Waals surface area contributed by atoms with Crippen LogP contribution >= 0.6 is 0 Å². The number of allylic oxidation sites excluding steroid dienone is 2. The molecule has 0 saturated heterocycles. The summed E-state index contributed by atoms with van der Waals surface area (Å²) in [5, 5.41) is 0.811. The number of hydrogen-bond acceptors (Lipinski definition) is 0. The van der Waals surface area contributed by atoms with Crippen LogP contribution in [0.4, 0.5) is 0 Å². The van der Waals surface area contributed by atoms with Gasteiger partial charge in [-0.05, 0) is 0 Å². The Balaban J connectivity index is 2.37. The molecule has 1 aliphatic heterocycles. The molecule has 0 aromatic heterocycles. The van der Waals surface area contributed by atoms with Gasteiger partial charge in [0.1, 0.15) is 0 Å². The first-order valence-corrected chi connectivity index (χ1v) is 21.3. The Hall–Kier alpha value is -0.588. The van der Waals surface area contributed by atoms with E-state index in [0.717, 1.165) is 7.11 Å². The molecule has 166 valence electrons. The molecule has 0 N–H and O–H groups in total. The van der Waals surface area contributed by atoms with Crippen molar-refractivity contribution >= 4 is 48.4 Å². The molecule has 0 aliphatic carbocycles. The van der Waals surface area contributed by atoms with Crippen LogP contribution in [0, 0.1) is 0 Å². The second kappa shape index (κ2) is 8.64. The monoisotopic (exact) mass is 554 g/mol. The van der Waals surface area contributed by atoms with Gasteiger partial charge in [-0.15, -0.1) is 0 Å². The zero-order valence-corrected chi connectivity index (χ0v) is 26.3. The molecule has 2 aromatic rings. The van der Waals surface area contributed by atoms with Gasteiger partial charge in [0.2, 0.25) is 0 Å². The summed E-state index contributed by atoms with van der Waals surface area (Å²) in [6, 6.07) is 22.9. The molecule has 2 aromatic carbocycles. The van der Waals surface area contributed by atoms with Crippen LogP contribution in [0.2, 0.25) is 43.4 Å². The van der Waals surface area contributed by atoms with E-state index in [4.69, 9.17) is 0 Å². The summed E-state index contributed by atoms with van der Waals surface area (Å²) in [4.78, 5) is 0. The van der Waals surface area contributed by atoms with E-state index < -0.39 is 37.3 Å². The summed E-state index contributed by atoms with van der Waals surface area (Å²) in [5.74, 6) is 0. The predicted molar refractivity (Wildman–Crippen MR) is 147 cm³/mol. The van der Waals surface area contributed by atoms with Crippen LogP contribution in [0.3, 0.4) is 0 Å². The standard InChI is InChI=1S/C28H42Si2.Sn/c1-27(2,3)29(7,8)21-25(23-17-13-11-14-18-23)26(24-19-15-12-16-20-24)22-30(9,10)28(4,5)6;/h11-22H,1-10H3;. The topological polar surface area (TPSA) is 0 Å². The number of hydrogen-bond donors (Lipinski definition) is 0. The molecular weight excluding hydrogens is 511 g/mol. The van der Waals surface area contributed by atoms with Gasteiger partial charge in [0.15, 0.2) is 0 Å². The molecule has 1 heterocycles. The molecule has 3 heteroatoms. The SMILES string of the molecule is CC(C)(C)[Si](C)(C)[CH]1[Sn][CH]([Si](C)(C)C(C)(C)C)C(c2ccccc2)=C1c1ccccc1. The van der Waals surface area contributed by atoms with E-state index in [-0.39, 0.29) is 0 Å². The fourth-order valence-electron chi connectivity index (χ4n) is 4.53. The molecule has 31 heavy (non-hydrogen) atoms. The van der Waals surface area contributed by atoms with Gasteiger partial charge in [0.25, 0.3) is 0 Å². The van der Waals surface area contributed by atoms with Crippen LogP contribution in [-0.2, 0) is 0 Å². The fraction of sp³-hybridized carbons (Fsp3) is 0.500. The van der Waals surface area contributed by atoms with Crippen molar-refractivity contribution in [3.05, 3.63) is 71.8 Å². The van der Waals surface area contributed by atoms with E-state index in [9.17, 15) is 0 Å². The second-order valence-corrected chi connectivity index (χ2v) is 31.1. The van der Waals surface area contributed by atoms with E-state index in [1.807, 2.05) is 0 Å². The van der Waals surface area contributed by atoms with Crippen molar-refractivity contribution in [2.75, 3.05) is 0 Å². The molecule has 0 saturated carbocycles. The van der Waals surface area contributed by atoms with E-state index in [2.05, 4.69) is 128 Å². The van der Waals surface area contributed by atoms with Crippen LogP contribution in [0.1, 0.15) is 52.7 Å². The van der Waals surface area contributed by atoms with Crippen molar-refractivity contribution in [2.24, 2.45) is 0 Å². The first-order valence-electron chi connectivity index (χ1n) is 11.8. The maximum absolute atomic E-state index is 2.69. The summed E-state index contributed by atoms with van der Waals surface area (Å²) >= 11 is -0.703. The summed E-state index contributed by atoms with van der Waals surface area (Å²) in [6.07, 6.45) is 0. The molecule has 0 nitrogen and oxygen atoms in total. The second-order valence-electron chi connectivity index (χ2n) is 12.5. The first kappa shape index (κ1) is 25.0. The van der Waals surface area contributed by atoms with Crippen LogP contribution in [-0.4, -0.2) is 37.3 Å². The predicted octanol–water partition coefficient (Wildman–Crippen LogP) is 8.99. The first-order chi connectivity index (χ1) is 14.2. The van der Waals surface area contributed by atoms with Gasteiger partial charge < -0.3 is 0 Å². The molecule has 0 spiro atoms. The molecule has 3 rings (SSSR count). The molecule has 2 radical (unpaired) electrons. The molecule has 0 fully saturated rings. The van der Waals surface area contributed by atoms with Gasteiger partial charge in [-0.2, -0.15) is 0 Å². The third-order valence-corrected chi connectivity index (χ3v) is 38.0. The minimum absolute atomic E-state index is 0.405. The Kier molecular flexibility index (Phi) is 6.98. The van der Waals surface area contributed by atoms with Crippen molar-refractivity contribution in [2.45, 2.75) is 84.9 Å². The molecular formula is C28H42Si2Sn. The molecule has 0 bridgehead atoms. The van der Waals surface area contributed by atoms with E-state index in [1.54, 1.807) is 11.1 Å². The van der Waals surface area contributed by atoms with Crippen molar-refractivity contribution in [3.8, 4) is 0 Å². The molecule has 1 aliphatic rings. The normalized spacial score (nSPS) is 21.0. The van der Waals surface area contributed by atoms with Gasteiger partial charge in [-0.25, -0.2) is 0 Å². The van der Waals surface area contributed by atoms with Gasteiger partial charge >= 0.3 is 205 Å². The third kappa shape index (κ3) is 4.59. The van der Waals surface area contributed by atoms with Gasteiger partial charge in [-0.1, -0.05) is 0 Å². The van der Waals surface area contributed by atoms with Crippen molar-refractivity contribution in [1.82, 2.24) is 0 Å². The Morgan fingerprint density at radius 1 is 0.548 bits per heavy atom. The van der Waals surface area contributed by atoms with E-state index in [1.165, 1.54) is 11.1 Å². The fourth-order valence-corrected chi connectivity index (χ4v) is 30.8. The average Bonchev–Trinajstić information content (AvgIpc) is 3.09. The maximum atomic E-state index is 2.69. The Morgan fingerprint density at radius 3 is 1.10 bits per heavy atom. The third-order valence-electron chi connectivity index (χ3n) is 8.68. The number of benzene rings is 2. The van der Waals surface area contributed by atoms with Crippen molar-refractivity contribution in [3.63, 3.8) is 0 Å². The zero-order valence-electron chi connectivity index (χ0n) is 21.4. The van der Waals surface area contributed by atoms with Crippen LogP contribution in [0.5, 0.6) is 0 Å². The van der Waals surface area contributed by atoms with Crippen molar-refractivity contribution in [1.29, 1.82) is 0 Å². The van der Waals surface area contributed by atoms with Gasteiger partial charge in [0, 0.05) is 0 Å². The summed E-state index contributed by atoms with van der Waals surface area (Å²) in [6.45, 7) is 25.9. The minimum atomic E-state index is -1.53. The van der Waals surface area contributed by atoms with E-state index >= 15 is 0 Å². The summed E-state index contributed by atoms with van der Waals surface area (Å²) in [5.41, 5.74) is 6.50. The van der Waals surface area contributed by atoms with Crippen LogP contribution < -0.4 is 0 Å².